The van der Waals surface area contributed by atoms with Crippen LogP contribution in [0.3, 0.4) is 0 Å². The van der Waals surface area contributed by atoms with Crippen LogP contribution in [0.15, 0.2) is 0 Å². The molecule has 1 heterocycles. The second-order valence-electron chi connectivity index (χ2n) is 3.16. The molecule has 0 aromatic heterocycles. The van der Waals surface area contributed by atoms with E-state index >= 15 is 0 Å². The van der Waals surface area contributed by atoms with E-state index in [1.54, 1.807) is 0 Å². The third kappa shape index (κ3) is 1.96. The first-order chi connectivity index (χ1) is 4.86. The Morgan fingerprint density at radius 2 is 2.20 bits per heavy atom. The molecule has 1 rings (SSSR count). The van der Waals surface area contributed by atoms with E-state index in [1.165, 1.54) is 19.4 Å². The molecule has 1 aliphatic heterocycles. The molecular weight excluding hydrogens is 126 g/mol. The summed E-state index contributed by atoms with van der Waals surface area (Å²) in [5.74, 6) is 0.580. The molecule has 0 aromatic rings. The van der Waals surface area contributed by atoms with Crippen LogP contribution in [-0.2, 0) is 0 Å². The van der Waals surface area contributed by atoms with Gasteiger partial charge in [0.1, 0.15) is 0 Å². The van der Waals surface area contributed by atoms with Gasteiger partial charge in [-0.3, -0.25) is 0 Å². The lowest BCUT2D eigenvalue weighted by Gasteiger charge is -2.38. The van der Waals surface area contributed by atoms with Crippen molar-refractivity contribution in [1.82, 2.24) is 4.90 Å². The lowest BCUT2D eigenvalue weighted by Crippen LogP contribution is -2.48. The molecule has 1 saturated heterocycles. The van der Waals surface area contributed by atoms with E-state index in [1.807, 2.05) is 0 Å². The van der Waals surface area contributed by atoms with Gasteiger partial charge in [-0.15, -0.1) is 0 Å². The van der Waals surface area contributed by atoms with E-state index in [4.69, 9.17) is 5.11 Å². The molecule has 0 unspecified atom stereocenters. The summed E-state index contributed by atoms with van der Waals surface area (Å²) < 4.78 is 0. The molecule has 0 atom stereocenters. The monoisotopic (exact) mass is 143 g/mol. The van der Waals surface area contributed by atoms with Gasteiger partial charge in [0.15, 0.2) is 0 Å². The number of aliphatic hydroxyl groups excluding tert-OH is 1. The van der Waals surface area contributed by atoms with Crippen molar-refractivity contribution in [2.24, 2.45) is 5.92 Å². The van der Waals surface area contributed by atoms with Crippen LogP contribution in [-0.4, -0.2) is 36.2 Å². The molecule has 1 aliphatic rings. The zero-order valence-electron chi connectivity index (χ0n) is 6.71. The first kappa shape index (κ1) is 8.02. The van der Waals surface area contributed by atoms with Crippen LogP contribution < -0.4 is 0 Å². The minimum Gasteiger partial charge on any atom is -0.396 e. The molecule has 10 heavy (non-hydrogen) atoms. The van der Waals surface area contributed by atoms with Crippen molar-refractivity contribution in [3.05, 3.63) is 0 Å². The highest BCUT2D eigenvalue weighted by atomic mass is 16.3. The molecule has 0 radical (unpaired) electrons. The van der Waals surface area contributed by atoms with Crippen molar-refractivity contribution in [3.8, 4) is 0 Å². The summed E-state index contributed by atoms with van der Waals surface area (Å²) >= 11 is 0. The fraction of sp³-hybridized carbons (Fsp3) is 1.00. The molecule has 0 amide bonds. The second kappa shape index (κ2) is 3.94. The SMILES string of the molecule is CCCCN1CC(CO)C1. The Hall–Kier alpha value is -0.0800. The van der Waals surface area contributed by atoms with Crippen molar-refractivity contribution in [1.29, 1.82) is 0 Å². The van der Waals surface area contributed by atoms with Gasteiger partial charge >= 0.3 is 0 Å². The van der Waals surface area contributed by atoms with E-state index in [0.29, 0.717) is 12.5 Å². The molecule has 0 aliphatic carbocycles. The Morgan fingerprint density at radius 1 is 1.50 bits per heavy atom. The van der Waals surface area contributed by atoms with Crippen molar-refractivity contribution < 1.29 is 5.11 Å². The molecular formula is C8H17NO. The predicted molar refractivity (Wildman–Crippen MR) is 41.9 cm³/mol. The largest absolute Gasteiger partial charge is 0.396 e. The van der Waals surface area contributed by atoms with E-state index in [0.717, 1.165) is 13.1 Å². The molecule has 0 spiro atoms. The summed E-state index contributed by atoms with van der Waals surface area (Å²) in [7, 11) is 0. The van der Waals surface area contributed by atoms with Crippen LogP contribution in [0.25, 0.3) is 0 Å². The van der Waals surface area contributed by atoms with Gasteiger partial charge in [0.2, 0.25) is 0 Å². The topological polar surface area (TPSA) is 23.5 Å². The maximum Gasteiger partial charge on any atom is 0.0483 e. The summed E-state index contributed by atoms with van der Waals surface area (Å²) in [6.07, 6.45) is 2.58. The quantitative estimate of drug-likeness (QED) is 0.626. The zero-order chi connectivity index (χ0) is 7.40. The number of hydrogen-bond acceptors (Lipinski definition) is 2. The fourth-order valence-electron chi connectivity index (χ4n) is 1.36. The highest BCUT2D eigenvalue weighted by Crippen LogP contribution is 2.14. The molecule has 2 nitrogen and oxygen atoms in total. The highest BCUT2D eigenvalue weighted by molar-refractivity contribution is 4.78. The van der Waals surface area contributed by atoms with Gasteiger partial charge in [-0.1, -0.05) is 13.3 Å². The smallest absolute Gasteiger partial charge is 0.0483 e. The zero-order valence-corrected chi connectivity index (χ0v) is 6.71. The maximum absolute atomic E-state index is 8.70. The first-order valence-electron chi connectivity index (χ1n) is 4.20. The lowest BCUT2D eigenvalue weighted by atomic mass is 10.0. The minimum atomic E-state index is 0.378. The lowest BCUT2D eigenvalue weighted by molar-refractivity contribution is 0.0531. The van der Waals surface area contributed by atoms with Crippen molar-refractivity contribution in [2.75, 3.05) is 26.2 Å². The number of hydrogen-bond donors (Lipinski definition) is 1. The number of rotatable bonds is 4. The minimum absolute atomic E-state index is 0.378. The Bertz CT molecular complexity index is 86.5. The molecule has 1 fully saturated rings. The van der Waals surface area contributed by atoms with Gasteiger partial charge in [-0.25, -0.2) is 0 Å². The summed E-state index contributed by atoms with van der Waals surface area (Å²) in [6.45, 7) is 6.06. The van der Waals surface area contributed by atoms with Crippen LogP contribution in [0.5, 0.6) is 0 Å². The summed E-state index contributed by atoms with van der Waals surface area (Å²) in [5, 5.41) is 8.70. The van der Waals surface area contributed by atoms with E-state index in [-0.39, 0.29) is 0 Å². The molecule has 0 aromatic carbocycles. The molecule has 0 saturated carbocycles. The van der Waals surface area contributed by atoms with Crippen molar-refractivity contribution in [3.63, 3.8) is 0 Å². The molecule has 60 valence electrons. The van der Waals surface area contributed by atoms with Gasteiger partial charge in [0.05, 0.1) is 0 Å². The third-order valence-electron chi connectivity index (χ3n) is 2.12. The Kier molecular flexibility index (Phi) is 3.16. The van der Waals surface area contributed by atoms with Crippen LogP contribution in [0.1, 0.15) is 19.8 Å². The summed E-state index contributed by atoms with van der Waals surface area (Å²) in [6, 6.07) is 0. The normalized spacial score (nSPS) is 21.0. The Labute approximate surface area is 62.8 Å². The van der Waals surface area contributed by atoms with Gasteiger partial charge in [0.25, 0.3) is 0 Å². The van der Waals surface area contributed by atoms with Crippen LogP contribution >= 0.6 is 0 Å². The Morgan fingerprint density at radius 3 is 2.70 bits per heavy atom. The van der Waals surface area contributed by atoms with Gasteiger partial charge in [-0.2, -0.15) is 0 Å². The fourth-order valence-corrected chi connectivity index (χ4v) is 1.36. The number of likely N-dealkylation sites (tertiary alicyclic amines) is 1. The van der Waals surface area contributed by atoms with Crippen LogP contribution in [0.4, 0.5) is 0 Å². The average Bonchev–Trinajstić information content (AvgIpc) is 1.86. The maximum atomic E-state index is 8.70. The number of nitrogens with zero attached hydrogens (tertiary/aromatic N) is 1. The van der Waals surface area contributed by atoms with E-state index < -0.39 is 0 Å². The summed E-state index contributed by atoms with van der Waals surface area (Å²) in [5.41, 5.74) is 0. The average molecular weight is 143 g/mol. The Balaban J connectivity index is 1.93. The number of unbranched alkanes of at least 4 members (excludes halogenated alkanes) is 1. The van der Waals surface area contributed by atoms with Gasteiger partial charge in [-0.05, 0) is 13.0 Å². The van der Waals surface area contributed by atoms with Gasteiger partial charge in [0, 0.05) is 25.6 Å². The second-order valence-corrected chi connectivity index (χ2v) is 3.16. The number of aliphatic hydroxyl groups is 1. The third-order valence-corrected chi connectivity index (χ3v) is 2.12. The summed E-state index contributed by atoms with van der Waals surface area (Å²) in [4.78, 5) is 2.41. The van der Waals surface area contributed by atoms with Crippen molar-refractivity contribution in [2.45, 2.75) is 19.8 Å². The van der Waals surface area contributed by atoms with E-state index in [9.17, 15) is 0 Å². The molecule has 2 heteroatoms. The highest BCUT2D eigenvalue weighted by Gasteiger charge is 2.24. The van der Waals surface area contributed by atoms with E-state index in [2.05, 4.69) is 11.8 Å². The van der Waals surface area contributed by atoms with Crippen molar-refractivity contribution >= 4 is 0 Å². The standard InChI is InChI=1S/C8H17NO/c1-2-3-4-9-5-8(6-9)7-10/h8,10H,2-7H2,1H3. The molecule has 0 bridgehead atoms. The van der Waals surface area contributed by atoms with Crippen LogP contribution in [0, 0.1) is 5.92 Å². The van der Waals surface area contributed by atoms with Crippen LogP contribution in [0.2, 0.25) is 0 Å². The molecule has 1 N–H and O–H groups in total. The predicted octanol–water partition coefficient (Wildman–Crippen LogP) is 0.711. The first-order valence-corrected chi connectivity index (χ1v) is 4.20. The van der Waals surface area contributed by atoms with Gasteiger partial charge < -0.3 is 10.0 Å².